The second kappa shape index (κ2) is 1.55. The summed E-state index contributed by atoms with van der Waals surface area (Å²) in [6.07, 6.45) is 1.41. The highest BCUT2D eigenvalue weighted by Gasteiger charge is 2.58. The lowest BCUT2D eigenvalue weighted by Crippen LogP contribution is -2.36. The third-order valence-corrected chi connectivity index (χ3v) is 2.80. The van der Waals surface area contributed by atoms with Crippen molar-refractivity contribution in [2.24, 2.45) is 5.92 Å². The average molecular weight is 142 g/mol. The third-order valence-electron chi connectivity index (χ3n) is 2.80. The van der Waals surface area contributed by atoms with Gasteiger partial charge in [0.1, 0.15) is 12.2 Å². The zero-order valence-electron chi connectivity index (χ0n) is 5.56. The lowest BCUT2D eigenvalue weighted by Gasteiger charge is -2.18. The molecule has 3 heteroatoms. The molecular formula is C7H10O3. The normalized spacial score (nSPS) is 63.9. The van der Waals surface area contributed by atoms with Crippen LogP contribution < -0.4 is 0 Å². The Labute approximate surface area is 58.9 Å². The number of fused-ring (bicyclic) bond motifs is 4. The SMILES string of the molecule is OC1C2COC1C1OC1C2. The molecule has 1 saturated carbocycles. The van der Waals surface area contributed by atoms with E-state index >= 15 is 0 Å². The largest absolute Gasteiger partial charge is 0.390 e. The van der Waals surface area contributed by atoms with Crippen molar-refractivity contribution in [3.8, 4) is 0 Å². The Kier molecular flexibility index (Phi) is 0.854. The first kappa shape index (κ1) is 5.52. The molecule has 1 N–H and O–H groups in total. The van der Waals surface area contributed by atoms with Gasteiger partial charge < -0.3 is 14.6 Å². The standard InChI is InChI=1S/C7H10O3/c8-5-3-1-4-6(10-4)7(5)9-2-3/h3-8H,1-2H2. The number of hydrogen-bond acceptors (Lipinski definition) is 3. The van der Waals surface area contributed by atoms with Crippen LogP contribution in [0, 0.1) is 5.92 Å². The third kappa shape index (κ3) is 0.516. The van der Waals surface area contributed by atoms with Crippen LogP contribution in [0.2, 0.25) is 0 Å². The summed E-state index contributed by atoms with van der Waals surface area (Å²) in [7, 11) is 0. The predicted molar refractivity (Wildman–Crippen MR) is 32.5 cm³/mol. The molecule has 5 unspecified atom stereocenters. The van der Waals surface area contributed by atoms with Gasteiger partial charge in [0.05, 0.1) is 18.8 Å². The van der Waals surface area contributed by atoms with Gasteiger partial charge in [-0.05, 0) is 6.42 Å². The number of aliphatic hydroxyl groups is 1. The molecular weight excluding hydrogens is 132 g/mol. The minimum absolute atomic E-state index is 0.00347. The van der Waals surface area contributed by atoms with Crippen molar-refractivity contribution in [3.05, 3.63) is 0 Å². The van der Waals surface area contributed by atoms with Crippen molar-refractivity contribution in [1.82, 2.24) is 0 Å². The summed E-state index contributed by atoms with van der Waals surface area (Å²) in [6.45, 7) is 0.738. The van der Waals surface area contributed by atoms with E-state index < -0.39 is 0 Å². The van der Waals surface area contributed by atoms with Crippen LogP contribution in [0.5, 0.6) is 0 Å². The first-order valence-electron chi connectivity index (χ1n) is 3.81. The van der Waals surface area contributed by atoms with Crippen molar-refractivity contribution in [3.63, 3.8) is 0 Å². The Bertz CT molecular complexity index is 170. The summed E-state index contributed by atoms with van der Waals surface area (Å²) >= 11 is 0. The molecule has 5 atom stereocenters. The second-order valence-electron chi connectivity index (χ2n) is 3.42. The van der Waals surface area contributed by atoms with Gasteiger partial charge in [0.25, 0.3) is 0 Å². The summed E-state index contributed by atoms with van der Waals surface area (Å²) in [5.41, 5.74) is 0. The molecule has 0 amide bonds. The highest BCUT2D eigenvalue weighted by atomic mass is 16.6. The first-order chi connectivity index (χ1) is 4.86. The molecule has 3 aliphatic rings. The van der Waals surface area contributed by atoms with Crippen molar-refractivity contribution in [2.45, 2.75) is 30.8 Å². The van der Waals surface area contributed by atoms with Crippen molar-refractivity contribution < 1.29 is 14.6 Å². The minimum Gasteiger partial charge on any atom is -0.390 e. The maximum atomic E-state index is 9.50. The van der Waals surface area contributed by atoms with E-state index in [1.54, 1.807) is 0 Å². The summed E-state index contributed by atoms with van der Waals surface area (Å²) in [4.78, 5) is 0. The van der Waals surface area contributed by atoms with Crippen LogP contribution in [-0.2, 0) is 9.47 Å². The topological polar surface area (TPSA) is 42.0 Å². The molecule has 3 fully saturated rings. The van der Waals surface area contributed by atoms with E-state index in [0.29, 0.717) is 12.0 Å². The van der Waals surface area contributed by atoms with Gasteiger partial charge in [-0.1, -0.05) is 0 Å². The maximum absolute atomic E-state index is 9.50. The van der Waals surface area contributed by atoms with E-state index in [1.165, 1.54) is 0 Å². The molecule has 2 aliphatic heterocycles. The lowest BCUT2D eigenvalue weighted by molar-refractivity contribution is 0.0189. The Morgan fingerprint density at radius 2 is 2.20 bits per heavy atom. The van der Waals surface area contributed by atoms with E-state index in [0.717, 1.165) is 13.0 Å². The molecule has 0 aromatic rings. The fraction of sp³-hybridized carbons (Fsp3) is 1.00. The van der Waals surface area contributed by atoms with E-state index in [1.807, 2.05) is 0 Å². The van der Waals surface area contributed by atoms with E-state index in [-0.39, 0.29) is 18.3 Å². The Balaban J connectivity index is 1.92. The van der Waals surface area contributed by atoms with Crippen LogP contribution >= 0.6 is 0 Å². The molecule has 10 heavy (non-hydrogen) atoms. The van der Waals surface area contributed by atoms with Crippen LogP contribution in [-0.4, -0.2) is 36.1 Å². The van der Waals surface area contributed by atoms with Gasteiger partial charge >= 0.3 is 0 Å². The molecule has 0 spiro atoms. The van der Waals surface area contributed by atoms with Gasteiger partial charge in [0, 0.05) is 5.92 Å². The van der Waals surface area contributed by atoms with Gasteiger partial charge in [-0.3, -0.25) is 0 Å². The van der Waals surface area contributed by atoms with Crippen molar-refractivity contribution in [2.75, 3.05) is 6.61 Å². The quantitative estimate of drug-likeness (QED) is 0.465. The summed E-state index contributed by atoms with van der Waals surface area (Å²) in [5, 5.41) is 9.50. The number of epoxide rings is 1. The number of hydrogen-bond donors (Lipinski definition) is 1. The van der Waals surface area contributed by atoms with Crippen LogP contribution in [0.1, 0.15) is 6.42 Å². The number of rotatable bonds is 0. The monoisotopic (exact) mass is 142 g/mol. The minimum atomic E-state index is -0.247. The van der Waals surface area contributed by atoms with Crippen molar-refractivity contribution in [1.29, 1.82) is 0 Å². The van der Waals surface area contributed by atoms with Gasteiger partial charge in [-0.2, -0.15) is 0 Å². The smallest absolute Gasteiger partial charge is 0.113 e. The molecule has 56 valence electrons. The first-order valence-corrected chi connectivity index (χ1v) is 3.81. The summed E-state index contributed by atoms with van der Waals surface area (Å²) in [6, 6.07) is 0. The fourth-order valence-corrected chi connectivity index (χ4v) is 2.13. The van der Waals surface area contributed by atoms with Crippen LogP contribution in [0.3, 0.4) is 0 Å². The van der Waals surface area contributed by atoms with Gasteiger partial charge in [0.2, 0.25) is 0 Å². The number of ether oxygens (including phenoxy) is 2. The Morgan fingerprint density at radius 3 is 3.10 bits per heavy atom. The van der Waals surface area contributed by atoms with E-state index in [9.17, 15) is 5.11 Å². The van der Waals surface area contributed by atoms with Crippen molar-refractivity contribution >= 4 is 0 Å². The summed E-state index contributed by atoms with van der Waals surface area (Å²) < 4.78 is 10.7. The molecule has 0 radical (unpaired) electrons. The lowest BCUT2D eigenvalue weighted by atomic mass is 9.88. The van der Waals surface area contributed by atoms with E-state index in [2.05, 4.69) is 0 Å². The average Bonchev–Trinajstić information content (AvgIpc) is 2.55. The second-order valence-corrected chi connectivity index (χ2v) is 3.42. The van der Waals surface area contributed by atoms with Crippen LogP contribution in [0.15, 0.2) is 0 Å². The molecule has 0 aromatic carbocycles. The fourth-order valence-electron chi connectivity index (χ4n) is 2.13. The molecule has 2 saturated heterocycles. The Morgan fingerprint density at radius 1 is 1.30 bits per heavy atom. The molecule has 2 heterocycles. The highest BCUT2D eigenvalue weighted by Crippen LogP contribution is 2.45. The van der Waals surface area contributed by atoms with Gasteiger partial charge in [-0.15, -0.1) is 0 Å². The highest BCUT2D eigenvalue weighted by molar-refractivity contribution is 5.06. The Hall–Kier alpha value is -0.120. The van der Waals surface area contributed by atoms with Gasteiger partial charge in [0.15, 0.2) is 0 Å². The molecule has 3 nitrogen and oxygen atoms in total. The molecule has 3 rings (SSSR count). The van der Waals surface area contributed by atoms with E-state index in [4.69, 9.17) is 9.47 Å². The molecule has 2 bridgehead atoms. The maximum Gasteiger partial charge on any atom is 0.113 e. The molecule has 0 aromatic heterocycles. The van der Waals surface area contributed by atoms with Gasteiger partial charge in [-0.25, -0.2) is 0 Å². The molecule has 1 aliphatic carbocycles. The zero-order valence-corrected chi connectivity index (χ0v) is 5.56. The van der Waals surface area contributed by atoms with Crippen LogP contribution in [0.4, 0.5) is 0 Å². The zero-order chi connectivity index (χ0) is 6.72. The summed E-state index contributed by atoms with van der Waals surface area (Å²) in [5.74, 6) is 0.355. The predicted octanol–water partition coefficient (Wildman–Crippen LogP) is -0.467. The van der Waals surface area contributed by atoms with Crippen LogP contribution in [0.25, 0.3) is 0 Å². The number of aliphatic hydroxyl groups excluding tert-OH is 1.